The third-order valence-corrected chi connectivity index (χ3v) is 4.59. The SMILES string of the molecule is O=c1oc2c(-c3ccccc3)cccc2c2cccpc12. The van der Waals surface area contributed by atoms with Crippen LogP contribution in [0.15, 0.2) is 75.7 Å². The molecule has 0 saturated heterocycles. The predicted octanol–water partition coefficient (Wildman–Crippen LogP) is 5.19. The molecule has 0 aliphatic carbocycles. The van der Waals surface area contributed by atoms with Crippen LogP contribution in [0.3, 0.4) is 0 Å². The second-order valence-corrected chi connectivity index (χ2v) is 5.84. The van der Waals surface area contributed by atoms with Crippen molar-refractivity contribution in [2.24, 2.45) is 0 Å². The van der Waals surface area contributed by atoms with Crippen LogP contribution in [0.2, 0.25) is 0 Å². The molecule has 0 atom stereocenters. The molecule has 3 heteroatoms. The normalized spacial score (nSPS) is 11.4. The highest BCUT2D eigenvalue weighted by Crippen LogP contribution is 2.33. The molecule has 21 heavy (non-hydrogen) atoms. The van der Waals surface area contributed by atoms with Crippen LogP contribution in [0, 0.1) is 0 Å². The minimum Gasteiger partial charge on any atom is -0.421 e. The minimum absolute atomic E-state index is 0.247. The van der Waals surface area contributed by atoms with Crippen molar-refractivity contribution in [1.29, 1.82) is 0 Å². The van der Waals surface area contributed by atoms with E-state index in [1.165, 1.54) is 0 Å². The Bertz CT molecular complexity index is 1000. The highest BCUT2D eigenvalue weighted by molar-refractivity contribution is 7.35. The molecular formula is C18H11O2P. The van der Waals surface area contributed by atoms with Crippen LogP contribution in [0.1, 0.15) is 0 Å². The molecule has 0 bridgehead atoms. The summed E-state index contributed by atoms with van der Waals surface area (Å²) < 4.78 is 5.63. The third-order valence-electron chi connectivity index (χ3n) is 3.59. The third kappa shape index (κ3) is 1.96. The van der Waals surface area contributed by atoms with Crippen molar-refractivity contribution in [3.05, 3.63) is 76.9 Å². The van der Waals surface area contributed by atoms with Crippen molar-refractivity contribution in [2.45, 2.75) is 0 Å². The molecule has 0 amide bonds. The molecule has 2 aromatic heterocycles. The lowest BCUT2D eigenvalue weighted by Crippen LogP contribution is -1.98. The van der Waals surface area contributed by atoms with Gasteiger partial charge in [0.1, 0.15) is 5.58 Å². The fraction of sp³-hybridized carbons (Fsp3) is 0. The Kier molecular flexibility index (Phi) is 2.83. The molecule has 0 aliphatic heterocycles. The van der Waals surface area contributed by atoms with E-state index < -0.39 is 0 Å². The number of hydrogen-bond donors (Lipinski definition) is 0. The van der Waals surface area contributed by atoms with Crippen LogP contribution in [0.5, 0.6) is 0 Å². The summed E-state index contributed by atoms with van der Waals surface area (Å²) >= 11 is 0. The van der Waals surface area contributed by atoms with Crippen LogP contribution in [0.25, 0.3) is 32.6 Å². The molecule has 0 N–H and O–H groups in total. The second-order valence-electron chi connectivity index (χ2n) is 4.84. The molecule has 2 aromatic carbocycles. The highest BCUT2D eigenvalue weighted by atomic mass is 31.0. The van der Waals surface area contributed by atoms with Gasteiger partial charge in [-0.3, -0.25) is 0 Å². The zero-order chi connectivity index (χ0) is 14.2. The van der Waals surface area contributed by atoms with E-state index >= 15 is 0 Å². The van der Waals surface area contributed by atoms with Crippen molar-refractivity contribution < 1.29 is 4.42 Å². The molecule has 4 rings (SSSR count). The lowest BCUT2D eigenvalue weighted by molar-refractivity contribution is 0.572. The Morgan fingerprint density at radius 2 is 1.62 bits per heavy atom. The Labute approximate surface area is 122 Å². The monoisotopic (exact) mass is 290 g/mol. The number of para-hydroxylation sites is 1. The fourth-order valence-electron chi connectivity index (χ4n) is 2.63. The summed E-state index contributed by atoms with van der Waals surface area (Å²) in [6.07, 6.45) is 0. The van der Waals surface area contributed by atoms with Crippen molar-refractivity contribution in [3.63, 3.8) is 0 Å². The van der Waals surface area contributed by atoms with E-state index in [2.05, 4.69) is 0 Å². The molecule has 0 spiro atoms. The smallest absolute Gasteiger partial charge is 0.348 e. The van der Waals surface area contributed by atoms with Gasteiger partial charge < -0.3 is 4.42 Å². The average molecular weight is 290 g/mol. The topological polar surface area (TPSA) is 30.2 Å². The van der Waals surface area contributed by atoms with E-state index in [0.717, 1.165) is 35.2 Å². The van der Waals surface area contributed by atoms with Crippen molar-refractivity contribution in [1.82, 2.24) is 0 Å². The van der Waals surface area contributed by atoms with Crippen LogP contribution in [-0.2, 0) is 0 Å². The van der Waals surface area contributed by atoms with Crippen molar-refractivity contribution in [2.75, 3.05) is 0 Å². The van der Waals surface area contributed by atoms with Gasteiger partial charge in [0.2, 0.25) is 0 Å². The summed E-state index contributed by atoms with van der Waals surface area (Å²) in [4.78, 5) is 12.2. The summed E-state index contributed by atoms with van der Waals surface area (Å²) in [6.45, 7) is 0. The van der Waals surface area contributed by atoms with Crippen molar-refractivity contribution in [3.8, 4) is 11.1 Å². The molecular weight excluding hydrogens is 279 g/mol. The molecule has 0 radical (unpaired) electrons. The lowest BCUT2D eigenvalue weighted by atomic mass is 10.0. The lowest BCUT2D eigenvalue weighted by Gasteiger charge is -2.07. The van der Waals surface area contributed by atoms with Gasteiger partial charge in [-0.05, 0) is 11.4 Å². The molecule has 0 unspecified atom stereocenters. The van der Waals surface area contributed by atoms with Crippen LogP contribution in [0.4, 0.5) is 0 Å². The van der Waals surface area contributed by atoms with E-state index in [9.17, 15) is 4.79 Å². The zero-order valence-electron chi connectivity index (χ0n) is 11.1. The maximum atomic E-state index is 12.2. The van der Waals surface area contributed by atoms with Gasteiger partial charge in [0.05, 0.1) is 5.12 Å². The van der Waals surface area contributed by atoms with Gasteiger partial charge in [-0.25, -0.2) is 4.79 Å². The Balaban J connectivity index is 2.19. The Hall–Kier alpha value is -2.44. The average Bonchev–Trinajstić information content (AvgIpc) is 2.56. The first-order valence-electron chi connectivity index (χ1n) is 6.70. The van der Waals surface area contributed by atoms with Crippen molar-refractivity contribution >= 4 is 29.7 Å². The second kappa shape index (κ2) is 4.83. The standard InChI is InChI=1S/C18H11O2P/c19-18-17-15(10-5-11-21-17)14-9-4-8-13(16(14)20-18)12-6-2-1-3-7-12/h1-11H. The van der Waals surface area contributed by atoms with E-state index in [0.29, 0.717) is 5.58 Å². The molecule has 4 aromatic rings. The number of rotatable bonds is 1. The summed E-state index contributed by atoms with van der Waals surface area (Å²) in [5.41, 5.74) is 2.42. The summed E-state index contributed by atoms with van der Waals surface area (Å²) in [5.74, 6) is 1.95. The highest BCUT2D eigenvalue weighted by Gasteiger charge is 2.11. The molecule has 0 aliphatic rings. The summed E-state index contributed by atoms with van der Waals surface area (Å²) in [5, 5.41) is 2.68. The first-order chi connectivity index (χ1) is 10.3. The maximum absolute atomic E-state index is 12.2. The van der Waals surface area contributed by atoms with Gasteiger partial charge in [-0.1, -0.05) is 68.9 Å². The van der Waals surface area contributed by atoms with E-state index in [4.69, 9.17) is 4.42 Å². The largest absolute Gasteiger partial charge is 0.421 e. The summed E-state index contributed by atoms with van der Waals surface area (Å²) in [7, 11) is 0.897. The molecule has 0 fully saturated rings. The Morgan fingerprint density at radius 1 is 0.810 bits per heavy atom. The van der Waals surface area contributed by atoms with Gasteiger partial charge in [0, 0.05) is 16.3 Å². The Morgan fingerprint density at radius 3 is 2.48 bits per heavy atom. The fourth-order valence-corrected chi connectivity index (χ4v) is 3.44. The first kappa shape index (κ1) is 12.3. The van der Waals surface area contributed by atoms with E-state index in [1.54, 1.807) is 0 Å². The van der Waals surface area contributed by atoms with Gasteiger partial charge in [-0.2, -0.15) is 0 Å². The van der Waals surface area contributed by atoms with Crippen LogP contribution < -0.4 is 5.63 Å². The number of hydrogen-bond acceptors (Lipinski definition) is 2. The molecule has 0 saturated carbocycles. The van der Waals surface area contributed by atoms with Crippen LogP contribution >= 0.6 is 8.19 Å². The van der Waals surface area contributed by atoms with Gasteiger partial charge in [-0.15, -0.1) is 0 Å². The number of benzene rings is 2. The zero-order valence-corrected chi connectivity index (χ0v) is 12.0. The number of fused-ring (bicyclic) bond motifs is 3. The van der Waals surface area contributed by atoms with Gasteiger partial charge in [0.25, 0.3) is 0 Å². The molecule has 100 valence electrons. The minimum atomic E-state index is -0.247. The predicted molar refractivity (Wildman–Crippen MR) is 87.9 cm³/mol. The summed E-state index contributed by atoms with van der Waals surface area (Å²) in [6, 6.07) is 20.0. The molecule has 2 nitrogen and oxygen atoms in total. The maximum Gasteiger partial charge on any atom is 0.348 e. The molecule has 2 heterocycles. The van der Waals surface area contributed by atoms with Gasteiger partial charge >= 0.3 is 5.63 Å². The first-order valence-corrected chi connectivity index (χ1v) is 7.67. The van der Waals surface area contributed by atoms with E-state index in [-0.39, 0.29) is 5.63 Å². The van der Waals surface area contributed by atoms with Gasteiger partial charge in [0.15, 0.2) is 0 Å². The van der Waals surface area contributed by atoms with Crippen LogP contribution in [-0.4, -0.2) is 0 Å². The van der Waals surface area contributed by atoms with E-state index in [1.807, 2.05) is 66.5 Å². The quantitative estimate of drug-likeness (QED) is 0.356.